The van der Waals surface area contributed by atoms with Gasteiger partial charge in [0.15, 0.2) is 5.82 Å². The molecule has 1 heterocycles. The average Bonchev–Trinajstić information content (AvgIpc) is 2.41. The second-order valence-electron chi connectivity index (χ2n) is 3.80. The van der Waals surface area contributed by atoms with Crippen LogP contribution >= 0.6 is 11.6 Å². The summed E-state index contributed by atoms with van der Waals surface area (Å²) in [6.07, 6.45) is 1.05. The van der Waals surface area contributed by atoms with E-state index in [4.69, 9.17) is 11.6 Å². The molecule has 0 aliphatic rings. The van der Waals surface area contributed by atoms with Crippen molar-refractivity contribution < 1.29 is 13.9 Å². The van der Waals surface area contributed by atoms with Crippen LogP contribution in [0.3, 0.4) is 0 Å². The molecule has 0 spiro atoms. The number of nitrogens with zero attached hydrogens (tertiary/aromatic N) is 2. The predicted molar refractivity (Wildman–Crippen MR) is 66.8 cm³/mol. The second kappa shape index (κ2) is 5.90. The monoisotopic (exact) mass is 285 g/mol. The van der Waals surface area contributed by atoms with Gasteiger partial charge in [0.25, 0.3) is 0 Å². The summed E-state index contributed by atoms with van der Waals surface area (Å²) in [5.74, 6) is -0.975. The number of rotatable bonds is 4. The molecule has 2 rings (SSSR count). The Morgan fingerprint density at radius 2 is 1.95 bits per heavy atom. The SMILES string of the molecule is OC(CNc1ncc(F)cn1)c1ccc(Cl)c(F)c1. The first-order chi connectivity index (χ1) is 9.06. The van der Waals surface area contributed by atoms with Crippen molar-refractivity contribution in [1.82, 2.24) is 9.97 Å². The van der Waals surface area contributed by atoms with Crippen LogP contribution in [-0.2, 0) is 0 Å². The van der Waals surface area contributed by atoms with Crippen LogP contribution in [0.2, 0.25) is 5.02 Å². The van der Waals surface area contributed by atoms with Crippen molar-refractivity contribution in [1.29, 1.82) is 0 Å². The van der Waals surface area contributed by atoms with Crippen molar-refractivity contribution in [3.8, 4) is 0 Å². The summed E-state index contributed by atoms with van der Waals surface area (Å²) < 4.78 is 25.8. The number of nitrogens with one attached hydrogen (secondary N) is 1. The Kier molecular flexibility index (Phi) is 4.24. The summed E-state index contributed by atoms with van der Waals surface area (Å²) in [5.41, 5.74) is 0.372. The minimum Gasteiger partial charge on any atom is -0.387 e. The summed E-state index contributed by atoms with van der Waals surface area (Å²) >= 11 is 5.55. The first-order valence-electron chi connectivity index (χ1n) is 5.40. The van der Waals surface area contributed by atoms with Crippen molar-refractivity contribution in [3.05, 3.63) is 52.8 Å². The Morgan fingerprint density at radius 1 is 1.26 bits per heavy atom. The van der Waals surface area contributed by atoms with Crippen molar-refractivity contribution in [2.24, 2.45) is 0 Å². The molecule has 1 aromatic carbocycles. The molecule has 0 fully saturated rings. The fourth-order valence-corrected chi connectivity index (χ4v) is 1.55. The molecule has 0 aliphatic carbocycles. The van der Waals surface area contributed by atoms with Crippen molar-refractivity contribution in [2.45, 2.75) is 6.10 Å². The van der Waals surface area contributed by atoms with E-state index in [9.17, 15) is 13.9 Å². The van der Waals surface area contributed by atoms with Gasteiger partial charge in [0.1, 0.15) is 5.82 Å². The van der Waals surface area contributed by atoms with Gasteiger partial charge in [-0.25, -0.2) is 18.7 Å². The van der Waals surface area contributed by atoms with E-state index in [0.717, 1.165) is 18.5 Å². The van der Waals surface area contributed by atoms with Gasteiger partial charge in [0.05, 0.1) is 23.5 Å². The lowest BCUT2D eigenvalue weighted by atomic mass is 10.1. The first kappa shape index (κ1) is 13.6. The molecule has 2 aromatic rings. The molecule has 2 N–H and O–H groups in total. The Morgan fingerprint density at radius 3 is 2.58 bits per heavy atom. The van der Waals surface area contributed by atoms with Crippen LogP contribution in [0.25, 0.3) is 0 Å². The highest BCUT2D eigenvalue weighted by Gasteiger charge is 2.10. The number of aliphatic hydroxyl groups is 1. The fraction of sp³-hybridized carbons (Fsp3) is 0.167. The van der Waals surface area contributed by atoms with Crippen LogP contribution < -0.4 is 5.32 Å². The van der Waals surface area contributed by atoms with Crippen LogP contribution in [-0.4, -0.2) is 21.6 Å². The lowest BCUT2D eigenvalue weighted by molar-refractivity contribution is 0.191. The van der Waals surface area contributed by atoms with Gasteiger partial charge in [-0.1, -0.05) is 17.7 Å². The molecule has 0 aliphatic heterocycles. The van der Waals surface area contributed by atoms with E-state index >= 15 is 0 Å². The van der Waals surface area contributed by atoms with Gasteiger partial charge >= 0.3 is 0 Å². The molecule has 0 saturated heterocycles. The molecule has 0 amide bonds. The van der Waals surface area contributed by atoms with Crippen LogP contribution in [0.15, 0.2) is 30.6 Å². The Labute approximate surface area is 113 Å². The third-order valence-electron chi connectivity index (χ3n) is 2.40. The van der Waals surface area contributed by atoms with Crippen LogP contribution in [0.5, 0.6) is 0 Å². The Hall–Kier alpha value is -1.79. The predicted octanol–water partition coefficient (Wildman–Crippen LogP) is 2.55. The standard InChI is InChI=1S/C12H10ClF2N3O/c13-9-2-1-7(3-10(9)15)11(19)6-18-12-16-4-8(14)5-17-12/h1-5,11,19H,6H2,(H,16,17,18). The summed E-state index contributed by atoms with van der Waals surface area (Å²) in [7, 11) is 0. The number of hydrogen-bond donors (Lipinski definition) is 2. The minimum absolute atomic E-state index is 0.00854. The molecule has 100 valence electrons. The molecular formula is C12H10ClF2N3O. The molecule has 4 nitrogen and oxygen atoms in total. The Balaban J connectivity index is 1.98. The van der Waals surface area contributed by atoms with Crippen LogP contribution in [0.4, 0.5) is 14.7 Å². The molecule has 0 radical (unpaired) electrons. The molecule has 1 unspecified atom stereocenters. The normalized spacial score (nSPS) is 12.2. The second-order valence-corrected chi connectivity index (χ2v) is 4.20. The van der Waals surface area contributed by atoms with Crippen molar-refractivity contribution >= 4 is 17.5 Å². The van der Waals surface area contributed by atoms with Crippen LogP contribution in [0, 0.1) is 11.6 Å². The third kappa shape index (κ3) is 3.59. The lowest BCUT2D eigenvalue weighted by Crippen LogP contribution is -2.14. The lowest BCUT2D eigenvalue weighted by Gasteiger charge is -2.12. The molecule has 7 heteroatoms. The number of aliphatic hydroxyl groups excluding tert-OH is 1. The van der Waals surface area contributed by atoms with E-state index in [0.29, 0.717) is 5.56 Å². The zero-order valence-corrected chi connectivity index (χ0v) is 10.4. The van der Waals surface area contributed by atoms with E-state index in [2.05, 4.69) is 15.3 Å². The quantitative estimate of drug-likeness (QED) is 0.906. The summed E-state index contributed by atoms with van der Waals surface area (Å²) in [6, 6.07) is 4.04. The van der Waals surface area contributed by atoms with Gasteiger partial charge in [-0.05, 0) is 17.7 Å². The zero-order valence-electron chi connectivity index (χ0n) is 9.65. The number of halogens is 3. The third-order valence-corrected chi connectivity index (χ3v) is 2.71. The van der Waals surface area contributed by atoms with Gasteiger partial charge < -0.3 is 10.4 Å². The zero-order chi connectivity index (χ0) is 13.8. The number of aromatic nitrogens is 2. The van der Waals surface area contributed by atoms with Crippen LogP contribution in [0.1, 0.15) is 11.7 Å². The fourth-order valence-electron chi connectivity index (χ4n) is 1.43. The minimum atomic E-state index is -0.958. The van der Waals surface area contributed by atoms with E-state index in [-0.39, 0.29) is 17.5 Å². The highest BCUT2D eigenvalue weighted by atomic mass is 35.5. The number of benzene rings is 1. The number of hydrogen-bond acceptors (Lipinski definition) is 4. The van der Waals surface area contributed by atoms with Gasteiger partial charge in [0.2, 0.25) is 5.95 Å². The van der Waals surface area contributed by atoms with E-state index in [1.165, 1.54) is 12.1 Å². The summed E-state index contributed by atoms with van der Waals surface area (Å²) in [6.45, 7) is 0.0622. The molecule has 1 aromatic heterocycles. The maximum atomic E-state index is 13.2. The summed E-state index contributed by atoms with van der Waals surface area (Å²) in [5, 5.41) is 12.6. The van der Waals surface area contributed by atoms with Gasteiger partial charge in [0, 0.05) is 6.54 Å². The topological polar surface area (TPSA) is 58.0 Å². The first-order valence-corrected chi connectivity index (χ1v) is 5.78. The average molecular weight is 286 g/mol. The molecule has 0 saturated carbocycles. The highest BCUT2D eigenvalue weighted by Crippen LogP contribution is 2.20. The molecule has 1 atom stereocenters. The smallest absolute Gasteiger partial charge is 0.222 e. The van der Waals surface area contributed by atoms with E-state index < -0.39 is 17.7 Å². The maximum absolute atomic E-state index is 13.2. The summed E-state index contributed by atoms with van der Waals surface area (Å²) in [4.78, 5) is 7.34. The van der Waals surface area contributed by atoms with E-state index in [1.807, 2.05) is 0 Å². The molecule has 0 bridgehead atoms. The maximum Gasteiger partial charge on any atom is 0.222 e. The van der Waals surface area contributed by atoms with Gasteiger partial charge in [-0.3, -0.25) is 0 Å². The Bertz CT molecular complexity index is 565. The van der Waals surface area contributed by atoms with Crippen molar-refractivity contribution in [3.63, 3.8) is 0 Å². The van der Waals surface area contributed by atoms with Gasteiger partial charge in [-0.15, -0.1) is 0 Å². The van der Waals surface area contributed by atoms with Gasteiger partial charge in [-0.2, -0.15) is 0 Å². The molecule has 19 heavy (non-hydrogen) atoms. The highest BCUT2D eigenvalue weighted by molar-refractivity contribution is 6.30. The van der Waals surface area contributed by atoms with Crippen molar-refractivity contribution in [2.75, 3.05) is 11.9 Å². The molecular weight excluding hydrogens is 276 g/mol. The largest absolute Gasteiger partial charge is 0.387 e. The van der Waals surface area contributed by atoms with E-state index in [1.54, 1.807) is 0 Å². The number of anilines is 1.